The zero-order chi connectivity index (χ0) is 38.4. The highest BCUT2D eigenvalue weighted by atomic mass is 16.3. The van der Waals surface area contributed by atoms with Gasteiger partial charge in [-0.3, -0.25) is 0 Å². The normalized spacial score (nSPS) is 11.4. The lowest BCUT2D eigenvalue weighted by Gasteiger charge is -2.13. The number of rotatable bonds is 7. The summed E-state index contributed by atoms with van der Waals surface area (Å²) in [6.07, 6.45) is 0. The zero-order valence-corrected chi connectivity index (χ0v) is 31.1. The topological polar surface area (TPSA) is 77.8 Å². The zero-order valence-electron chi connectivity index (χ0n) is 31.1. The van der Waals surface area contributed by atoms with Crippen molar-refractivity contribution in [2.75, 3.05) is 0 Å². The number of oxazole rings is 1. The van der Waals surface area contributed by atoms with Crippen LogP contribution in [0, 0.1) is 0 Å². The molecule has 0 fully saturated rings. The smallest absolute Gasteiger partial charge is 0.228 e. The Morgan fingerprint density at radius 3 is 1.43 bits per heavy atom. The molecule has 0 aliphatic carbocycles. The molecule has 3 heterocycles. The summed E-state index contributed by atoms with van der Waals surface area (Å²) in [5, 5.41) is 1.98. The maximum absolute atomic E-state index is 6.70. The Hall–Kier alpha value is -7.96. The highest BCUT2D eigenvalue weighted by molar-refractivity contribution is 6.11. The molecule has 0 spiro atoms. The van der Waals surface area contributed by atoms with Gasteiger partial charge in [-0.15, -0.1) is 0 Å². The van der Waals surface area contributed by atoms with Crippen LogP contribution in [0.25, 0.3) is 112 Å². The second-order valence-corrected chi connectivity index (χ2v) is 14.2. The highest BCUT2D eigenvalue weighted by Crippen LogP contribution is 2.42. The van der Waals surface area contributed by atoms with Crippen LogP contribution in [0.3, 0.4) is 0 Å². The highest BCUT2D eigenvalue weighted by Gasteiger charge is 2.21. The van der Waals surface area contributed by atoms with Gasteiger partial charge in [0, 0.05) is 33.0 Å². The summed E-state index contributed by atoms with van der Waals surface area (Å²) >= 11 is 0. The summed E-state index contributed by atoms with van der Waals surface area (Å²) in [7, 11) is 0. The van der Waals surface area contributed by atoms with Crippen molar-refractivity contribution in [3.05, 3.63) is 194 Å². The number of aromatic nitrogens is 4. The summed E-state index contributed by atoms with van der Waals surface area (Å²) in [5.74, 6) is 2.41. The van der Waals surface area contributed by atoms with Crippen LogP contribution >= 0.6 is 0 Å². The van der Waals surface area contributed by atoms with E-state index in [0.29, 0.717) is 28.9 Å². The lowest BCUT2D eigenvalue weighted by atomic mass is 9.91. The van der Waals surface area contributed by atoms with Crippen molar-refractivity contribution in [3.63, 3.8) is 0 Å². The summed E-state index contributed by atoms with van der Waals surface area (Å²) in [6.45, 7) is 0. The third kappa shape index (κ3) is 5.92. The number of hydrogen-bond acceptors (Lipinski definition) is 6. The molecule has 8 aromatic carbocycles. The Balaban J connectivity index is 1.01. The summed E-state index contributed by atoms with van der Waals surface area (Å²) in [4.78, 5) is 19.9. The quantitative estimate of drug-likeness (QED) is 0.162. The average molecular weight is 745 g/mol. The summed E-state index contributed by atoms with van der Waals surface area (Å²) in [5.41, 5.74) is 13.0. The average Bonchev–Trinajstić information content (AvgIpc) is 3.91. The van der Waals surface area contributed by atoms with Crippen molar-refractivity contribution in [3.8, 4) is 79.0 Å². The van der Waals surface area contributed by atoms with Crippen LogP contribution < -0.4 is 0 Å². The minimum absolute atomic E-state index is 0.573. The maximum atomic E-state index is 6.70. The van der Waals surface area contributed by atoms with Gasteiger partial charge in [0.25, 0.3) is 0 Å². The molecule has 0 atom stereocenters. The Bertz CT molecular complexity index is 3150. The van der Waals surface area contributed by atoms with Gasteiger partial charge in [0.1, 0.15) is 16.7 Å². The van der Waals surface area contributed by atoms with Gasteiger partial charge in [-0.2, -0.15) is 0 Å². The largest absolute Gasteiger partial charge is 0.455 e. The van der Waals surface area contributed by atoms with Crippen molar-refractivity contribution < 1.29 is 8.83 Å². The third-order valence-corrected chi connectivity index (χ3v) is 10.6. The molecule has 6 nitrogen and oxygen atoms in total. The van der Waals surface area contributed by atoms with Crippen molar-refractivity contribution in [1.82, 2.24) is 19.9 Å². The van der Waals surface area contributed by atoms with Crippen molar-refractivity contribution in [2.45, 2.75) is 0 Å². The van der Waals surface area contributed by atoms with Crippen LogP contribution in [0.2, 0.25) is 0 Å². The lowest BCUT2D eigenvalue weighted by Crippen LogP contribution is -2.00. The standard InChI is InChI=1S/C52H32N4O2/c1-5-15-33(16-6-1)39-23-13-24-40(34-17-7-2-8-18-34)47(39)52-53-44-29-27-37(32-46(44)58-52)41-25-14-26-42-43-31-38(28-30-45(43)57-48(41)42)51-55-49(35-19-9-3-10-20-35)54-50(56-51)36-21-11-4-12-22-36/h1-32H. The first-order valence-electron chi connectivity index (χ1n) is 19.2. The van der Waals surface area contributed by atoms with Crippen molar-refractivity contribution in [1.29, 1.82) is 0 Å². The van der Waals surface area contributed by atoms with Gasteiger partial charge in [-0.05, 0) is 58.1 Å². The van der Waals surface area contributed by atoms with Gasteiger partial charge < -0.3 is 8.83 Å². The van der Waals surface area contributed by atoms with Crippen LogP contribution in [0.15, 0.2) is 203 Å². The van der Waals surface area contributed by atoms with Crippen LogP contribution in [-0.4, -0.2) is 19.9 Å². The predicted molar refractivity (Wildman–Crippen MR) is 233 cm³/mol. The molecule has 0 saturated heterocycles. The molecule has 0 bridgehead atoms. The van der Waals surface area contributed by atoms with Gasteiger partial charge in [0.15, 0.2) is 23.1 Å². The first-order chi connectivity index (χ1) is 28.7. The van der Waals surface area contributed by atoms with E-state index in [1.165, 1.54) is 0 Å². The number of hydrogen-bond donors (Lipinski definition) is 0. The lowest BCUT2D eigenvalue weighted by molar-refractivity contribution is 0.620. The Kier molecular flexibility index (Phi) is 8.04. The number of benzene rings is 8. The molecule has 58 heavy (non-hydrogen) atoms. The molecular formula is C52H32N4O2. The maximum Gasteiger partial charge on any atom is 0.228 e. The monoisotopic (exact) mass is 744 g/mol. The van der Waals surface area contributed by atoms with Crippen molar-refractivity contribution in [2.24, 2.45) is 0 Å². The van der Waals surface area contributed by atoms with Crippen LogP contribution in [-0.2, 0) is 0 Å². The second kappa shape index (κ2) is 14.0. The third-order valence-electron chi connectivity index (χ3n) is 10.6. The van der Waals surface area contributed by atoms with E-state index in [4.69, 9.17) is 28.8 Å². The molecule has 0 saturated carbocycles. The predicted octanol–water partition coefficient (Wildman–Crippen LogP) is 13.6. The second-order valence-electron chi connectivity index (χ2n) is 14.2. The Morgan fingerprint density at radius 1 is 0.310 bits per heavy atom. The van der Waals surface area contributed by atoms with Gasteiger partial charge in [-0.25, -0.2) is 19.9 Å². The number of furan rings is 1. The molecule has 0 N–H and O–H groups in total. The van der Waals surface area contributed by atoms with Crippen LogP contribution in [0.1, 0.15) is 0 Å². The first-order valence-corrected chi connectivity index (χ1v) is 19.2. The molecule has 0 unspecified atom stereocenters. The molecule has 0 aliphatic rings. The molecule has 0 radical (unpaired) electrons. The Labute approximate surface area is 333 Å². The molecular weight excluding hydrogens is 713 g/mol. The van der Waals surface area contributed by atoms with Gasteiger partial charge >= 0.3 is 0 Å². The minimum Gasteiger partial charge on any atom is -0.455 e. The van der Waals surface area contributed by atoms with E-state index in [-0.39, 0.29) is 0 Å². The van der Waals surface area contributed by atoms with E-state index in [0.717, 1.165) is 83.1 Å². The van der Waals surface area contributed by atoms with Crippen LogP contribution in [0.5, 0.6) is 0 Å². The van der Waals surface area contributed by atoms with E-state index < -0.39 is 0 Å². The molecule has 11 aromatic rings. The van der Waals surface area contributed by atoms with Gasteiger partial charge in [0.2, 0.25) is 5.89 Å². The first kappa shape index (κ1) is 33.4. The summed E-state index contributed by atoms with van der Waals surface area (Å²) in [6, 6.07) is 65.8. The number of fused-ring (bicyclic) bond motifs is 4. The molecule has 0 aliphatic heterocycles. The molecule has 0 amide bonds. The van der Waals surface area contributed by atoms with Crippen LogP contribution in [0.4, 0.5) is 0 Å². The number of nitrogens with zero attached hydrogens (tertiary/aromatic N) is 4. The fourth-order valence-electron chi connectivity index (χ4n) is 7.80. The molecule has 272 valence electrons. The minimum atomic E-state index is 0.573. The molecule has 11 rings (SSSR count). The summed E-state index contributed by atoms with van der Waals surface area (Å²) < 4.78 is 13.3. The number of para-hydroxylation sites is 1. The van der Waals surface area contributed by atoms with E-state index in [1.807, 2.05) is 91.0 Å². The van der Waals surface area contributed by atoms with Gasteiger partial charge in [-0.1, -0.05) is 164 Å². The van der Waals surface area contributed by atoms with E-state index >= 15 is 0 Å². The van der Waals surface area contributed by atoms with Crippen molar-refractivity contribution >= 4 is 33.0 Å². The molecule has 3 aromatic heterocycles. The fourth-order valence-corrected chi connectivity index (χ4v) is 7.80. The Morgan fingerprint density at radius 2 is 0.828 bits per heavy atom. The molecule has 6 heteroatoms. The van der Waals surface area contributed by atoms with Gasteiger partial charge in [0.05, 0.1) is 5.56 Å². The SMILES string of the molecule is c1ccc(-c2nc(-c3ccccc3)nc(-c3ccc4oc5c(-c6ccc7nc(-c8c(-c9ccccc9)cccc8-c8ccccc8)oc7c6)cccc5c4c3)n2)cc1. The van der Waals surface area contributed by atoms with E-state index in [1.54, 1.807) is 0 Å². The van der Waals surface area contributed by atoms with E-state index in [2.05, 4.69) is 103 Å². The fraction of sp³-hybridized carbons (Fsp3) is 0. The van der Waals surface area contributed by atoms with E-state index in [9.17, 15) is 0 Å².